The van der Waals surface area contributed by atoms with E-state index in [1.807, 2.05) is 18.2 Å². The molecule has 0 amide bonds. The Morgan fingerprint density at radius 3 is 2.27 bits per heavy atom. The number of nitrogens with zero attached hydrogens (tertiary/aromatic N) is 1. The van der Waals surface area contributed by atoms with Gasteiger partial charge in [0.25, 0.3) is 0 Å². The topological polar surface area (TPSA) is 35.4 Å². The van der Waals surface area contributed by atoms with Crippen LogP contribution in [-0.2, 0) is 24.9 Å². The molecule has 0 aliphatic heterocycles. The van der Waals surface area contributed by atoms with Gasteiger partial charge in [0.1, 0.15) is 0 Å². The van der Waals surface area contributed by atoms with Gasteiger partial charge in [0.05, 0.1) is 5.69 Å². The maximum absolute atomic E-state index is 9.81. The van der Waals surface area contributed by atoms with Gasteiger partial charge < -0.3 is 5.11 Å². The Balaban J connectivity index is 0.000000461. The number of hydrogen-bond acceptors (Lipinski definition) is 2. The second-order valence-corrected chi connectivity index (χ2v) is 1.57. The largest absolute Gasteiger partial charge is 0.864 e. The van der Waals surface area contributed by atoms with Crippen molar-refractivity contribution in [2.45, 2.75) is 0 Å². The summed E-state index contributed by atoms with van der Waals surface area (Å²) < 4.78 is 0. The molecule has 0 heterocycles. The van der Waals surface area contributed by atoms with E-state index in [-0.39, 0.29) is 0 Å². The maximum atomic E-state index is 9.81. The molecule has 0 saturated heterocycles. The standard InChI is InChI=1S/C7H7NO.ClH.Hg/c9-6-8-7-4-2-1-3-5-7;;/h1-6H,(H,8,9);1H;/q;;+2/p-2. The number of rotatable bonds is 1. The Morgan fingerprint density at radius 2 is 1.82 bits per heavy atom. The third-order valence-electron chi connectivity index (χ3n) is 0.958. The van der Waals surface area contributed by atoms with Crippen LogP contribution in [0.2, 0.25) is 0 Å². The van der Waals surface area contributed by atoms with Crippen molar-refractivity contribution in [2.24, 2.45) is 4.99 Å². The Hall–Kier alpha value is -0.0849. The fraction of sp³-hybridized carbons (Fsp3) is 0. The van der Waals surface area contributed by atoms with Gasteiger partial charge in [-0.05, 0) is 12.1 Å². The van der Waals surface area contributed by atoms with E-state index in [1.165, 1.54) is 0 Å². The zero-order chi connectivity index (χ0) is 8.53. The van der Waals surface area contributed by atoms with Crippen LogP contribution < -0.4 is 5.11 Å². The first kappa shape index (κ1) is 10.9. The first-order valence-electron chi connectivity index (χ1n) is 2.90. The van der Waals surface area contributed by atoms with Gasteiger partial charge in [-0.25, -0.2) is 0 Å². The number of para-hydroxylation sites is 1. The van der Waals surface area contributed by atoms with Crippen LogP contribution in [0.25, 0.3) is 0 Å². The summed E-state index contributed by atoms with van der Waals surface area (Å²) in [5.41, 5.74) is 0.701. The smallest absolute Gasteiger partial charge is 0.0615 e. The molecule has 0 N–H and O–H groups in total. The fourth-order valence-electron chi connectivity index (χ4n) is 0.575. The Labute approximate surface area is 85.3 Å². The van der Waals surface area contributed by atoms with E-state index in [2.05, 4.69) is 4.99 Å². The number of aliphatic imine (C=N–C) groups is 1. The van der Waals surface area contributed by atoms with E-state index in [0.29, 0.717) is 37.0 Å². The van der Waals surface area contributed by atoms with Crippen molar-refractivity contribution in [2.75, 3.05) is 0 Å². The summed E-state index contributed by atoms with van der Waals surface area (Å²) >= 11 is 0.500. The minimum atomic E-state index is 0.500. The molecule has 0 aromatic heterocycles. The summed E-state index contributed by atoms with van der Waals surface area (Å²) in [4.78, 5) is 3.53. The van der Waals surface area contributed by atoms with Crippen molar-refractivity contribution >= 4 is 20.3 Å². The van der Waals surface area contributed by atoms with E-state index < -0.39 is 0 Å². The van der Waals surface area contributed by atoms with Gasteiger partial charge in [0, 0.05) is 0 Å². The van der Waals surface area contributed by atoms with Crippen LogP contribution in [-0.4, -0.2) is 6.40 Å². The molecule has 1 aromatic rings. The van der Waals surface area contributed by atoms with Crippen molar-refractivity contribution in [1.29, 1.82) is 0 Å². The molecular weight excluding hydrogens is 350 g/mol. The molecule has 1 rings (SSSR count). The van der Waals surface area contributed by atoms with Crippen LogP contribution in [0, 0.1) is 0 Å². The minimum absolute atomic E-state index is 0.500. The molecule has 0 bridgehead atoms. The third-order valence-corrected chi connectivity index (χ3v) is 0.958. The molecule has 0 spiro atoms. The zero-order valence-corrected chi connectivity index (χ0v) is 12.2. The fourth-order valence-corrected chi connectivity index (χ4v) is 0.575. The molecule has 11 heavy (non-hydrogen) atoms. The summed E-state index contributed by atoms with van der Waals surface area (Å²) in [7, 11) is 4.83. The van der Waals surface area contributed by atoms with E-state index in [9.17, 15) is 5.11 Å². The van der Waals surface area contributed by atoms with Gasteiger partial charge in [-0.1, -0.05) is 24.6 Å². The Bertz CT molecular complexity index is 203. The van der Waals surface area contributed by atoms with Crippen LogP contribution in [0.3, 0.4) is 0 Å². The van der Waals surface area contributed by atoms with Gasteiger partial charge in [-0.3, -0.25) is 4.99 Å². The summed E-state index contributed by atoms with van der Waals surface area (Å²) in [6, 6.07) is 9.09. The first-order chi connectivity index (χ1) is 5.43. The molecule has 0 fully saturated rings. The molecule has 0 aliphatic carbocycles. The molecule has 1 aromatic carbocycles. The average Bonchev–Trinajstić information content (AvgIpc) is 2.11. The van der Waals surface area contributed by atoms with Crippen LogP contribution in [0.4, 0.5) is 5.69 Å². The second kappa shape index (κ2) is 8.02. The van der Waals surface area contributed by atoms with Crippen LogP contribution in [0.15, 0.2) is 35.3 Å². The predicted molar refractivity (Wildman–Crippen MR) is 40.4 cm³/mol. The van der Waals surface area contributed by atoms with E-state index in [1.54, 1.807) is 12.1 Å². The van der Waals surface area contributed by atoms with Crippen molar-refractivity contribution in [3.63, 3.8) is 0 Å². The molecule has 4 heteroatoms. The minimum Gasteiger partial charge on any atom is -0.864 e. The van der Waals surface area contributed by atoms with Gasteiger partial charge in [-0.2, -0.15) is 0 Å². The van der Waals surface area contributed by atoms with Gasteiger partial charge in [0.2, 0.25) is 0 Å². The third kappa shape index (κ3) is 5.21. The van der Waals surface area contributed by atoms with Crippen LogP contribution in [0.1, 0.15) is 0 Å². The van der Waals surface area contributed by atoms with Gasteiger partial charge in [-0.15, -0.1) is 0 Å². The predicted octanol–water partition coefficient (Wildman–Crippen LogP) is 1.39. The summed E-state index contributed by atoms with van der Waals surface area (Å²) in [6.45, 7) is 0. The van der Waals surface area contributed by atoms with Gasteiger partial charge >= 0.3 is 33.1 Å². The molecule has 2 nitrogen and oxygen atoms in total. The van der Waals surface area contributed by atoms with E-state index >= 15 is 0 Å². The Morgan fingerprint density at radius 1 is 1.27 bits per heavy atom. The molecule has 0 radical (unpaired) electrons. The SMILES string of the molecule is [Cl][Hg+].[O-]C=Nc1ccccc1. The van der Waals surface area contributed by atoms with Crippen molar-refractivity contribution in [3.8, 4) is 0 Å². The summed E-state index contributed by atoms with van der Waals surface area (Å²) in [5.74, 6) is 0. The molecule has 0 saturated carbocycles. The molecule has 0 unspecified atom stereocenters. The summed E-state index contributed by atoms with van der Waals surface area (Å²) in [6.07, 6.45) is 0.537. The van der Waals surface area contributed by atoms with E-state index in [0.717, 1.165) is 0 Å². The molecule has 0 atom stereocenters. The number of benzene rings is 1. The number of halogens is 1. The quantitative estimate of drug-likeness (QED) is 0.426. The van der Waals surface area contributed by atoms with Crippen molar-refractivity contribution in [3.05, 3.63) is 30.3 Å². The summed E-state index contributed by atoms with van der Waals surface area (Å²) in [5, 5.41) is 9.81. The monoisotopic (exact) mass is 357 g/mol. The maximum Gasteiger partial charge on any atom is 0.0615 e. The van der Waals surface area contributed by atoms with Gasteiger partial charge in [0.15, 0.2) is 0 Å². The van der Waals surface area contributed by atoms with Crippen LogP contribution in [0.5, 0.6) is 0 Å². The first-order valence-corrected chi connectivity index (χ1v) is 9.66. The number of hydrogen-bond donors (Lipinski definition) is 0. The van der Waals surface area contributed by atoms with Crippen molar-refractivity contribution in [1.82, 2.24) is 0 Å². The van der Waals surface area contributed by atoms with Crippen molar-refractivity contribution < 1.29 is 30.0 Å². The average molecular weight is 356 g/mol. The normalized spacial score (nSPS) is 9.00. The molecular formula is C7H6ClHgNO. The Kier molecular flexibility index (Phi) is 7.95. The molecule has 54 valence electrons. The van der Waals surface area contributed by atoms with E-state index in [4.69, 9.17) is 8.25 Å². The van der Waals surface area contributed by atoms with Crippen LogP contribution >= 0.6 is 8.25 Å². The second-order valence-electron chi connectivity index (χ2n) is 1.57. The molecule has 0 aliphatic rings. The zero-order valence-electron chi connectivity index (χ0n) is 5.90.